The predicted molar refractivity (Wildman–Crippen MR) is 264 cm³/mol. The SMILES string of the molecule is c1ccc(-c2ccc(P3CCCCCCCCCCCCCCPP(c4ccccc4)P(c4ccccc4)P(c4ccccc4)P3c3ccccc3)cc2)cc1. The first-order valence-corrected chi connectivity index (χ1v) is 32.7. The van der Waals surface area contributed by atoms with Gasteiger partial charge in [0.25, 0.3) is 0 Å². The zero-order valence-electron chi connectivity index (χ0n) is 32.9. The fourth-order valence-electron chi connectivity index (χ4n) is 7.61. The van der Waals surface area contributed by atoms with Gasteiger partial charge >= 0.3 is 0 Å². The molecule has 6 atom stereocenters. The first-order chi connectivity index (χ1) is 27.9. The fourth-order valence-corrected chi connectivity index (χ4v) is 59.2. The van der Waals surface area contributed by atoms with Crippen molar-refractivity contribution in [1.29, 1.82) is 0 Å². The monoisotopic (exact) mass is 844 g/mol. The van der Waals surface area contributed by atoms with Crippen molar-refractivity contribution in [3.63, 3.8) is 0 Å². The van der Waals surface area contributed by atoms with Crippen molar-refractivity contribution in [1.82, 2.24) is 0 Å². The minimum atomic E-state index is -0.567. The van der Waals surface area contributed by atoms with E-state index in [0.717, 1.165) is 8.27 Å². The van der Waals surface area contributed by atoms with Crippen molar-refractivity contribution in [2.24, 2.45) is 0 Å². The van der Waals surface area contributed by atoms with Gasteiger partial charge in [-0.2, -0.15) is 0 Å². The van der Waals surface area contributed by atoms with E-state index in [1.54, 1.807) is 26.5 Å². The van der Waals surface area contributed by atoms with Gasteiger partial charge in [0.1, 0.15) is 0 Å². The van der Waals surface area contributed by atoms with Crippen LogP contribution in [-0.2, 0) is 0 Å². The van der Waals surface area contributed by atoms with Crippen molar-refractivity contribution in [3.05, 3.63) is 176 Å². The quantitative estimate of drug-likeness (QED) is 0.147. The molecule has 1 saturated heterocycles. The second-order valence-corrected chi connectivity index (χ2v) is 37.8. The maximum Gasteiger partial charge on any atom is -0.00602 e. The molecule has 0 amide bonds. The van der Waals surface area contributed by atoms with Crippen LogP contribution in [-0.4, -0.2) is 12.3 Å². The highest BCUT2D eigenvalue weighted by Crippen LogP contribution is 3.03. The van der Waals surface area contributed by atoms with Gasteiger partial charge in [-0.25, -0.2) is 0 Å². The van der Waals surface area contributed by atoms with Crippen LogP contribution < -0.4 is 26.5 Å². The lowest BCUT2D eigenvalue weighted by Gasteiger charge is -2.43. The van der Waals surface area contributed by atoms with Crippen molar-refractivity contribution in [2.45, 2.75) is 77.0 Å². The first-order valence-electron chi connectivity index (χ1n) is 20.9. The summed E-state index contributed by atoms with van der Waals surface area (Å²) in [6.07, 6.45) is 19.4. The number of rotatable bonds is 6. The van der Waals surface area contributed by atoms with Gasteiger partial charge in [-0.15, -0.1) is 0 Å². The number of hydrogen-bond donors (Lipinski definition) is 0. The minimum absolute atomic E-state index is 0.400. The molecular formula is C50H58P6. The van der Waals surface area contributed by atoms with E-state index in [0.29, 0.717) is 0 Å². The topological polar surface area (TPSA) is 0 Å². The smallest absolute Gasteiger partial charge is 0.00602 e. The summed E-state index contributed by atoms with van der Waals surface area (Å²) in [5.41, 5.74) is 2.63. The predicted octanol–water partition coefficient (Wildman–Crippen LogP) is 15.6. The van der Waals surface area contributed by atoms with Crippen LogP contribution in [0.15, 0.2) is 176 Å². The molecule has 6 heteroatoms. The normalized spacial score (nSPS) is 22.9. The highest BCUT2D eigenvalue weighted by atomic mass is 32.8. The molecule has 0 N–H and O–H groups in total. The zero-order valence-corrected chi connectivity index (χ0v) is 38.4. The van der Waals surface area contributed by atoms with Gasteiger partial charge in [0.15, 0.2) is 0 Å². The van der Waals surface area contributed by atoms with E-state index in [-0.39, 0.29) is 0 Å². The molecule has 0 nitrogen and oxygen atoms in total. The average molecular weight is 845 g/mol. The lowest BCUT2D eigenvalue weighted by Crippen LogP contribution is -2.13. The van der Waals surface area contributed by atoms with Crippen LogP contribution in [0.3, 0.4) is 0 Å². The van der Waals surface area contributed by atoms with Crippen LogP contribution in [0.2, 0.25) is 0 Å². The molecule has 0 bridgehead atoms. The maximum absolute atomic E-state index is 2.55. The molecule has 0 saturated carbocycles. The summed E-state index contributed by atoms with van der Waals surface area (Å²) in [6, 6.07) is 68.8. The van der Waals surface area contributed by atoms with Crippen LogP contribution >= 0.6 is 45.1 Å². The van der Waals surface area contributed by atoms with Crippen molar-refractivity contribution in [3.8, 4) is 11.1 Å². The summed E-state index contributed by atoms with van der Waals surface area (Å²) in [6.45, 7) is 0. The van der Waals surface area contributed by atoms with Crippen LogP contribution in [0.4, 0.5) is 0 Å². The molecule has 1 aliphatic heterocycles. The Morgan fingerprint density at radius 2 is 0.661 bits per heavy atom. The Kier molecular flexibility index (Phi) is 17.6. The molecule has 7 rings (SSSR count). The van der Waals surface area contributed by atoms with E-state index in [1.807, 2.05) is 0 Å². The highest BCUT2D eigenvalue weighted by Gasteiger charge is 2.41. The van der Waals surface area contributed by atoms with E-state index in [1.165, 1.54) is 101 Å². The highest BCUT2D eigenvalue weighted by molar-refractivity contribution is 8.95. The lowest BCUT2D eigenvalue weighted by atomic mass is 10.1. The van der Waals surface area contributed by atoms with Crippen molar-refractivity contribution >= 4 is 71.6 Å². The fraction of sp³-hybridized carbons (Fsp3) is 0.280. The Balaban J connectivity index is 1.41. The first kappa shape index (κ1) is 42.0. The Morgan fingerprint density at radius 1 is 0.286 bits per heavy atom. The summed E-state index contributed by atoms with van der Waals surface area (Å²) < 4.78 is 0. The van der Waals surface area contributed by atoms with Crippen molar-refractivity contribution < 1.29 is 0 Å². The van der Waals surface area contributed by atoms with Gasteiger partial charge in [-0.3, -0.25) is 0 Å². The Hall–Kier alpha value is -2.10. The third kappa shape index (κ3) is 12.0. The zero-order chi connectivity index (χ0) is 38.0. The van der Waals surface area contributed by atoms with Gasteiger partial charge in [0, 0.05) is 0 Å². The van der Waals surface area contributed by atoms with Crippen LogP contribution in [0, 0.1) is 0 Å². The van der Waals surface area contributed by atoms with E-state index in [4.69, 9.17) is 0 Å². The Bertz CT molecular complexity index is 1940. The standard InChI is InChI=1S/C50H58P6/c1-2-4-6-8-10-27-43-52(46-40-38-45(39-41-46)44-28-16-11-17-29-44)54(48-32-20-13-21-33-48)56(50-36-24-15-25-37-50)55(49-34-22-14-23-35-49)53(47-30-18-12-19-31-47)51-42-26-9-7-5-3-1/h11-25,28-41,51H,1-10,26-27,42-43H2. The number of hydrogen-bond acceptors (Lipinski definition) is 0. The van der Waals surface area contributed by atoms with E-state index in [2.05, 4.69) is 176 Å². The van der Waals surface area contributed by atoms with Crippen LogP contribution in [0.1, 0.15) is 77.0 Å². The van der Waals surface area contributed by atoms with E-state index in [9.17, 15) is 0 Å². The third-order valence-electron chi connectivity index (χ3n) is 10.6. The average Bonchev–Trinajstić information content (AvgIpc) is 3.27. The largest absolute Gasteiger partial charge is 0.0862 e. The molecule has 1 heterocycles. The lowest BCUT2D eigenvalue weighted by molar-refractivity contribution is 0.549. The van der Waals surface area contributed by atoms with Gasteiger partial charge in [-0.05, 0) is 99.6 Å². The van der Waals surface area contributed by atoms with E-state index >= 15 is 0 Å². The molecular weight excluding hydrogens is 786 g/mol. The Morgan fingerprint density at radius 3 is 1.16 bits per heavy atom. The minimum Gasteiger partial charge on any atom is -0.0862 e. The second-order valence-electron chi connectivity index (χ2n) is 14.7. The summed E-state index contributed by atoms with van der Waals surface area (Å²) in [5, 5.41) is 8.10. The molecule has 6 aromatic rings. The summed E-state index contributed by atoms with van der Waals surface area (Å²) in [5.74, 6) is 0. The molecule has 0 spiro atoms. The van der Waals surface area contributed by atoms with Crippen LogP contribution in [0.5, 0.6) is 0 Å². The molecule has 1 aliphatic rings. The van der Waals surface area contributed by atoms with Gasteiger partial charge in [-0.1, -0.05) is 248 Å². The molecule has 6 unspecified atom stereocenters. The molecule has 1 fully saturated rings. The van der Waals surface area contributed by atoms with Crippen molar-refractivity contribution in [2.75, 3.05) is 12.3 Å². The number of benzene rings is 6. The molecule has 0 radical (unpaired) electrons. The van der Waals surface area contributed by atoms with E-state index < -0.39 is 36.8 Å². The molecule has 0 aliphatic carbocycles. The second kappa shape index (κ2) is 23.5. The summed E-state index contributed by atoms with van der Waals surface area (Å²) in [7, 11) is -1.52. The molecule has 6 aromatic carbocycles. The van der Waals surface area contributed by atoms with Crippen LogP contribution in [0.25, 0.3) is 11.1 Å². The molecule has 56 heavy (non-hydrogen) atoms. The summed E-state index contributed by atoms with van der Waals surface area (Å²) in [4.78, 5) is 0. The maximum atomic E-state index is 2.55. The van der Waals surface area contributed by atoms with Gasteiger partial charge in [0.2, 0.25) is 0 Å². The van der Waals surface area contributed by atoms with Gasteiger partial charge < -0.3 is 0 Å². The molecule has 288 valence electrons. The Labute approximate surface area is 346 Å². The molecule has 0 aromatic heterocycles. The summed E-state index contributed by atoms with van der Waals surface area (Å²) >= 11 is 0. The van der Waals surface area contributed by atoms with Gasteiger partial charge in [0.05, 0.1) is 0 Å². The third-order valence-corrected chi connectivity index (χ3v) is 48.0.